The first-order chi connectivity index (χ1) is 10.1. The highest BCUT2D eigenvalue weighted by Crippen LogP contribution is 2.26. The van der Waals surface area contributed by atoms with E-state index < -0.39 is 0 Å². The molecule has 0 aliphatic carbocycles. The lowest BCUT2D eigenvalue weighted by atomic mass is 10.1. The summed E-state index contributed by atoms with van der Waals surface area (Å²) < 4.78 is 0.498. The van der Waals surface area contributed by atoms with Crippen molar-refractivity contribution in [2.45, 2.75) is 0 Å². The average molecular weight is 361 g/mol. The lowest BCUT2D eigenvalue weighted by molar-refractivity contribution is -0.115. The standard InChI is InChI=1S/C14H14Cl2N2OS2/c15-5-7-18(8-6-16)11-3-1-10(2-4-11)9-12-13(19)17-14(20)21-12/h1-4,9H,5-8H2,(H,17,19,20)/b12-9+. The van der Waals surface area contributed by atoms with Crippen LogP contribution in [0.5, 0.6) is 0 Å². The van der Waals surface area contributed by atoms with Gasteiger partial charge in [-0.2, -0.15) is 0 Å². The van der Waals surface area contributed by atoms with E-state index in [0.29, 0.717) is 21.0 Å². The predicted molar refractivity (Wildman–Crippen MR) is 96.4 cm³/mol. The number of halogens is 2. The molecule has 7 heteroatoms. The molecular formula is C14H14Cl2N2OS2. The third-order valence-electron chi connectivity index (χ3n) is 2.91. The highest BCUT2D eigenvalue weighted by atomic mass is 35.5. The second-order valence-corrected chi connectivity index (χ2v) is 6.78. The first-order valence-corrected chi connectivity index (χ1v) is 8.65. The molecule has 1 aliphatic heterocycles. The topological polar surface area (TPSA) is 32.3 Å². The Morgan fingerprint density at radius 1 is 1.19 bits per heavy atom. The van der Waals surface area contributed by atoms with Crippen molar-refractivity contribution < 1.29 is 4.79 Å². The fourth-order valence-electron chi connectivity index (χ4n) is 1.93. The molecule has 0 unspecified atom stereocenters. The number of carbonyl (C=O) groups excluding carboxylic acids is 1. The molecule has 1 fully saturated rings. The molecule has 1 saturated heterocycles. The van der Waals surface area contributed by atoms with Gasteiger partial charge in [-0.25, -0.2) is 0 Å². The lowest BCUT2D eigenvalue weighted by Gasteiger charge is -2.22. The second kappa shape index (κ2) is 8.03. The van der Waals surface area contributed by atoms with Gasteiger partial charge >= 0.3 is 0 Å². The summed E-state index contributed by atoms with van der Waals surface area (Å²) in [6, 6.07) is 7.93. The number of rotatable bonds is 6. The SMILES string of the molecule is O=C1NC(=S)S/C1=C/c1ccc(N(CCCl)CCCl)cc1. The Balaban J connectivity index is 2.13. The summed E-state index contributed by atoms with van der Waals surface area (Å²) in [6.07, 6.45) is 1.83. The summed E-state index contributed by atoms with van der Waals surface area (Å²) in [7, 11) is 0. The van der Waals surface area contributed by atoms with Crippen molar-refractivity contribution in [3.8, 4) is 0 Å². The molecule has 1 amide bonds. The molecule has 0 aromatic heterocycles. The Hall–Kier alpha value is -0.750. The van der Waals surface area contributed by atoms with Crippen LogP contribution in [0.4, 0.5) is 5.69 Å². The van der Waals surface area contributed by atoms with Gasteiger partial charge in [-0.15, -0.1) is 23.2 Å². The Morgan fingerprint density at radius 2 is 1.81 bits per heavy atom. The summed E-state index contributed by atoms with van der Waals surface area (Å²) >= 11 is 17.8. The average Bonchev–Trinajstić information content (AvgIpc) is 2.77. The smallest absolute Gasteiger partial charge is 0.263 e. The summed E-state index contributed by atoms with van der Waals surface area (Å²) in [6.45, 7) is 1.50. The zero-order valence-electron chi connectivity index (χ0n) is 11.1. The van der Waals surface area contributed by atoms with E-state index in [9.17, 15) is 4.79 Å². The lowest BCUT2D eigenvalue weighted by Crippen LogP contribution is -2.27. The number of amides is 1. The van der Waals surface area contributed by atoms with Crippen molar-refractivity contribution in [2.75, 3.05) is 29.7 Å². The maximum absolute atomic E-state index is 11.6. The van der Waals surface area contributed by atoms with Gasteiger partial charge in [0.05, 0.1) is 4.91 Å². The molecular weight excluding hydrogens is 347 g/mol. The van der Waals surface area contributed by atoms with Gasteiger partial charge in [0.1, 0.15) is 4.32 Å². The Labute approximate surface area is 143 Å². The van der Waals surface area contributed by atoms with Crippen LogP contribution in [0.1, 0.15) is 5.56 Å². The number of hydrogen-bond donors (Lipinski definition) is 1. The van der Waals surface area contributed by atoms with Crippen LogP contribution in [-0.2, 0) is 4.79 Å². The normalized spacial score (nSPS) is 16.4. The van der Waals surface area contributed by atoms with Gasteiger partial charge in [0.2, 0.25) is 0 Å². The molecule has 2 rings (SSSR count). The van der Waals surface area contributed by atoms with Crippen molar-refractivity contribution in [2.24, 2.45) is 0 Å². The number of nitrogens with one attached hydrogen (secondary N) is 1. The van der Waals surface area contributed by atoms with Crippen LogP contribution < -0.4 is 10.2 Å². The maximum Gasteiger partial charge on any atom is 0.263 e. The van der Waals surface area contributed by atoms with Gasteiger partial charge in [0.15, 0.2) is 0 Å². The van der Waals surface area contributed by atoms with Gasteiger partial charge in [-0.05, 0) is 23.8 Å². The Bertz CT molecular complexity index is 555. The molecule has 1 aromatic rings. The Kier molecular flexibility index (Phi) is 6.36. The second-order valence-electron chi connectivity index (χ2n) is 4.31. The third kappa shape index (κ3) is 4.61. The van der Waals surface area contributed by atoms with Gasteiger partial charge < -0.3 is 10.2 Å². The van der Waals surface area contributed by atoms with Crippen LogP contribution in [0.25, 0.3) is 6.08 Å². The molecule has 0 radical (unpaired) electrons. The zero-order valence-corrected chi connectivity index (χ0v) is 14.3. The molecule has 3 nitrogen and oxygen atoms in total. The number of thiocarbonyl (C=S) groups is 1. The highest BCUT2D eigenvalue weighted by molar-refractivity contribution is 8.26. The largest absolute Gasteiger partial charge is 0.369 e. The van der Waals surface area contributed by atoms with Crippen LogP contribution in [0.15, 0.2) is 29.2 Å². The summed E-state index contributed by atoms with van der Waals surface area (Å²) in [5.74, 6) is 0.966. The van der Waals surface area contributed by atoms with Gasteiger partial charge in [0.25, 0.3) is 5.91 Å². The van der Waals surface area contributed by atoms with E-state index in [1.54, 1.807) is 0 Å². The molecule has 1 N–H and O–H groups in total. The third-order valence-corrected chi connectivity index (χ3v) is 4.41. The number of benzene rings is 1. The molecule has 0 saturated carbocycles. The van der Waals surface area contributed by atoms with E-state index >= 15 is 0 Å². The van der Waals surface area contributed by atoms with Crippen molar-refractivity contribution in [3.63, 3.8) is 0 Å². The molecule has 21 heavy (non-hydrogen) atoms. The summed E-state index contributed by atoms with van der Waals surface area (Å²) in [5.41, 5.74) is 2.02. The fourth-order valence-corrected chi connectivity index (χ4v) is 3.38. The van der Waals surface area contributed by atoms with Crippen molar-refractivity contribution in [1.29, 1.82) is 0 Å². The minimum atomic E-state index is -0.139. The van der Waals surface area contributed by atoms with Crippen LogP contribution >= 0.6 is 47.2 Å². The van der Waals surface area contributed by atoms with E-state index in [0.717, 1.165) is 24.3 Å². The quantitative estimate of drug-likeness (QED) is 0.478. The molecule has 1 heterocycles. The van der Waals surface area contributed by atoms with Gasteiger partial charge in [-0.3, -0.25) is 4.79 Å². The first kappa shape index (κ1) is 16.6. The molecule has 0 spiro atoms. The number of carbonyl (C=O) groups is 1. The van der Waals surface area contributed by atoms with Gasteiger partial charge in [-0.1, -0.05) is 36.1 Å². The van der Waals surface area contributed by atoms with E-state index in [2.05, 4.69) is 10.2 Å². The van der Waals surface area contributed by atoms with Crippen LogP contribution in [0, 0.1) is 0 Å². The van der Waals surface area contributed by atoms with Crippen molar-refractivity contribution in [3.05, 3.63) is 34.7 Å². The Morgan fingerprint density at radius 3 is 2.29 bits per heavy atom. The number of alkyl halides is 2. The van der Waals surface area contributed by atoms with E-state index in [-0.39, 0.29) is 5.91 Å². The van der Waals surface area contributed by atoms with Crippen molar-refractivity contribution >= 4 is 69.2 Å². The minimum absolute atomic E-state index is 0.139. The van der Waals surface area contributed by atoms with Crippen molar-refractivity contribution in [1.82, 2.24) is 5.32 Å². The minimum Gasteiger partial charge on any atom is -0.369 e. The monoisotopic (exact) mass is 360 g/mol. The van der Waals surface area contributed by atoms with E-state index in [1.807, 2.05) is 30.3 Å². The van der Waals surface area contributed by atoms with E-state index in [4.69, 9.17) is 35.4 Å². The number of anilines is 1. The van der Waals surface area contributed by atoms with Gasteiger partial charge in [0, 0.05) is 30.5 Å². The molecule has 1 aliphatic rings. The fraction of sp³-hybridized carbons (Fsp3) is 0.286. The van der Waals surface area contributed by atoms with Crippen LogP contribution in [-0.4, -0.2) is 35.1 Å². The number of nitrogens with zero attached hydrogens (tertiary/aromatic N) is 1. The molecule has 1 aromatic carbocycles. The predicted octanol–water partition coefficient (Wildman–Crippen LogP) is 3.46. The van der Waals surface area contributed by atoms with Crippen LogP contribution in [0.3, 0.4) is 0 Å². The first-order valence-electron chi connectivity index (χ1n) is 6.36. The molecule has 112 valence electrons. The van der Waals surface area contributed by atoms with Crippen LogP contribution in [0.2, 0.25) is 0 Å². The zero-order chi connectivity index (χ0) is 15.2. The molecule has 0 atom stereocenters. The maximum atomic E-state index is 11.6. The summed E-state index contributed by atoms with van der Waals surface area (Å²) in [4.78, 5) is 14.4. The van der Waals surface area contributed by atoms with E-state index in [1.165, 1.54) is 11.8 Å². The number of thioether (sulfide) groups is 1. The number of hydrogen-bond acceptors (Lipinski definition) is 4. The molecule has 0 bridgehead atoms. The summed E-state index contributed by atoms with van der Waals surface area (Å²) in [5, 5.41) is 2.60. The highest BCUT2D eigenvalue weighted by Gasteiger charge is 2.21.